The first-order chi connectivity index (χ1) is 9.10. The predicted molar refractivity (Wildman–Crippen MR) is 68.0 cm³/mol. The molecule has 0 aromatic heterocycles. The van der Waals surface area contributed by atoms with Gasteiger partial charge < -0.3 is 9.84 Å². The van der Waals surface area contributed by atoms with Gasteiger partial charge >= 0.3 is 0 Å². The average molecular weight is 264 g/mol. The zero-order valence-corrected chi connectivity index (χ0v) is 10.4. The molecule has 0 radical (unpaired) electrons. The van der Waals surface area contributed by atoms with Crippen LogP contribution in [-0.4, -0.2) is 12.2 Å². The van der Waals surface area contributed by atoms with Crippen molar-refractivity contribution in [2.75, 3.05) is 7.11 Å². The molecule has 2 aromatic rings. The molecule has 0 heterocycles. The third-order valence-corrected chi connectivity index (χ3v) is 2.89. The molecule has 2 aromatic carbocycles. The fourth-order valence-electron chi connectivity index (χ4n) is 1.86. The van der Waals surface area contributed by atoms with Crippen LogP contribution in [0.5, 0.6) is 5.75 Å². The lowest BCUT2D eigenvalue weighted by Gasteiger charge is -2.12. The Morgan fingerprint density at radius 2 is 1.89 bits per heavy atom. The van der Waals surface area contributed by atoms with Gasteiger partial charge in [0.2, 0.25) is 0 Å². The van der Waals surface area contributed by atoms with Gasteiger partial charge in [0.25, 0.3) is 0 Å². The van der Waals surface area contributed by atoms with Gasteiger partial charge in [-0.05, 0) is 35.4 Å². The SMILES string of the molecule is COc1cccc(C(O)Cc2ccc(F)c(F)c2)c1. The molecule has 4 heteroatoms. The van der Waals surface area contributed by atoms with Gasteiger partial charge in [-0.15, -0.1) is 0 Å². The monoisotopic (exact) mass is 264 g/mol. The van der Waals surface area contributed by atoms with E-state index in [9.17, 15) is 13.9 Å². The van der Waals surface area contributed by atoms with Crippen LogP contribution in [0.3, 0.4) is 0 Å². The highest BCUT2D eigenvalue weighted by atomic mass is 19.2. The van der Waals surface area contributed by atoms with E-state index in [1.807, 2.05) is 0 Å². The van der Waals surface area contributed by atoms with Crippen molar-refractivity contribution in [3.63, 3.8) is 0 Å². The first-order valence-corrected chi connectivity index (χ1v) is 5.86. The maximum Gasteiger partial charge on any atom is 0.159 e. The van der Waals surface area contributed by atoms with Crippen molar-refractivity contribution in [1.29, 1.82) is 0 Å². The quantitative estimate of drug-likeness (QED) is 0.918. The Morgan fingerprint density at radius 3 is 2.58 bits per heavy atom. The molecule has 0 spiro atoms. The number of hydrogen-bond acceptors (Lipinski definition) is 2. The normalized spacial score (nSPS) is 12.2. The van der Waals surface area contributed by atoms with Gasteiger partial charge in [0, 0.05) is 6.42 Å². The minimum absolute atomic E-state index is 0.213. The summed E-state index contributed by atoms with van der Waals surface area (Å²) in [6, 6.07) is 10.6. The summed E-state index contributed by atoms with van der Waals surface area (Å²) < 4.78 is 30.9. The van der Waals surface area contributed by atoms with Crippen LogP contribution in [0, 0.1) is 11.6 Å². The van der Waals surface area contributed by atoms with Gasteiger partial charge in [-0.1, -0.05) is 18.2 Å². The lowest BCUT2D eigenvalue weighted by molar-refractivity contribution is 0.178. The molecule has 2 nitrogen and oxygen atoms in total. The summed E-state index contributed by atoms with van der Waals surface area (Å²) in [5.41, 5.74) is 1.21. The highest BCUT2D eigenvalue weighted by Gasteiger charge is 2.11. The molecule has 2 rings (SSSR count). The van der Waals surface area contributed by atoms with Crippen molar-refractivity contribution in [3.05, 3.63) is 65.2 Å². The highest BCUT2D eigenvalue weighted by molar-refractivity contribution is 5.31. The highest BCUT2D eigenvalue weighted by Crippen LogP contribution is 2.23. The summed E-state index contributed by atoms with van der Waals surface area (Å²) in [6.45, 7) is 0. The van der Waals surface area contributed by atoms with E-state index in [1.54, 1.807) is 31.4 Å². The van der Waals surface area contributed by atoms with Crippen LogP contribution in [0.15, 0.2) is 42.5 Å². The number of methoxy groups -OCH3 is 1. The van der Waals surface area contributed by atoms with Crippen molar-refractivity contribution in [2.45, 2.75) is 12.5 Å². The minimum Gasteiger partial charge on any atom is -0.497 e. The maximum absolute atomic E-state index is 13.1. The first-order valence-electron chi connectivity index (χ1n) is 5.86. The number of aliphatic hydroxyl groups is 1. The minimum atomic E-state index is -0.907. The molecule has 100 valence electrons. The van der Waals surface area contributed by atoms with E-state index < -0.39 is 17.7 Å². The van der Waals surface area contributed by atoms with Crippen molar-refractivity contribution >= 4 is 0 Å². The lowest BCUT2D eigenvalue weighted by atomic mass is 10.0. The lowest BCUT2D eigenvalue weighted by Crippen LogP contribution is -2.03. The summed E-state index contributed by atoms with van der Waals surface area (Å²) >= 11 is 0. The molecule has 0 amide bonds. The van der Waals surface area contributed by atoms with Crippen molar-refractivity contribution in [3.8, 4) is 5.75 Å². The van der Waals surface area contributed by atoms with Crippen LogP contribution in [-0.2, 0) is 6.42 Å². The van der Waals surface area contributed by atoms with Gasteiger partial charge in [0.05, 0.1) is 13.2 Å². The number of rotatable bonds is 4. The van der Waals surface area contributed by atoms with E-state index in [1.165, 1.54) is 6.07 Å². The van der Waals surface area contributed by atoms with E-state index in [-0.39, 0.29) is 6.42 Å². The summed E-state index contributed by atoms with van der Waals surface area (Å²) in [5.74, 6) is -1.16. The molecule has 0 fully saturated rings. The molecule has 0 bridgehead atoms. The predicted octanol–water partition coefficient (Wildman–Crippen LogP) is 3.25. The number of ether oxygens (including phenoxy) is 1. The summed E-state index contributed by atoms with van der Waals surface area (Å²) in [5, 5.41) is 10.1. The Balaban J connectivity index is 2.15. The summed E-state index contributed by atoms with van der Waals surface area (Å²) in [6.07, 6.45) is -0.579. The molecule has 1 N–H and O–H groups in total. The molecule has 1 unspecified atom stereocenters. The van der Waals surface area contributed by atoms with Gasteiger partial charge in [0.1, 0.15) is 5.75 Å². The third kappa shape index (κ3) is 3.29. The number of hydrogen-bond donors (Lipinski definition) is 1. The Kier molecular flexibility index (Phi) is 4.12. The van der Waals surface area contributed by atoms with Gasteiger partial charge in [-0.25, -0.2) is 8.78 Å². The van der Waals surface area contributed by atoms with Crippen LogP contribution in [0.4, 0.5) is 8.78 Å². The van der Waals surface area contributed by atoms with E-state index in [0.717, 1.165) is 12.1 Å². The van der Waals surface area contributed by atoms with E-state index >= 15 is 0 Å². The van der Waals surface area contributed by atoms with E-state index in [4.69, 9.17) is 4.74 Å². The average Bonchev–Trinajstić information content (AvgIpc) is 2.43. The Hall–Kier alpha value is -1.94. The third-order valence-electron chi connectivity index (χ3n) is 2.89. The largest absolute Gasteiger partial charge is 0.497 e. The Morgan fingerprint density at radius 1 is 1.11 bits per heavy atom. The fraction of sp³-hybridized carbons (Fsp3) is 0.200. The molecule has 0 saturated carbocycles. The maximum atomic E-state index is 13.1. The second-order valence-electron chi connectivity index (χ2n) is 4.24. The van der Waals surface area contributed by atoms with Crippen LogP contribution in [0.25, 0.3) is 0 Å². The van der Waals surface area contributed by atoms with Gasteiger partial charge in [-0.2, -0.15) is 0 Å². The van der Waals surface area contributed by atoms with Crippen LogP contribution >= 0.6 is 0 Å². The first kappa shape index (κ1) is 13.5. The van der Waals surface area contributed by atoms with Crippen molar-refractivity contribution in [1.82, 2.24) is 0 Å². The second kappa shape index (κ2) is 5.80. The Bertz CT molecular complexity index is 570. The summed E-state index contributed by atoms with van der Waals surface area (Å²) in [4.78, 5) is 0. The van der Waals surface area contributed by atoms with Crippen LogP contribution < -0.4 is 4.74 Å². The fourth-order valence-corrected chi connectivity index (χ4v) is 1.86. The summed E-state index contributed by atoms with van der Waals surface area (Å²) in [7, 11) is 1.54. The smallest absolute Gasteiger partial charge is 0.159 e. The van der Waals surface area contributed by atoms with Crippen molar-refractivity contribution in [2.24, 2.45) is 0 Å². The molecule has 19 heavy (non-hydrogen) atoms. The number of halogens is 2. The number of aliphatic hydroxyl groups excluding tert-OH is 1. The van der Waals surface area contributed by atoms with E-state index in [0.29, 0.717) is 16.9 Å². The van der Waals surface area contributed by atoms with Crippen LogP contribution in [0.2, 0.25) is 0 Å². The second-order valence-corrected chi connectivity index (χ2v) is 4.24. The molecular formula is C15H14F2O2. The van der Waals surface area contributed by atoms with Crippen LogP contribution in [0.1, 0.15) is 17.2 Å². The molecular weight excluding hydrogens is 250 g/mol. The van der Waals surface area contributed by atoms with Gasteiger partial charge in [-0.3, -0.25) is 0 Å². The van der Waals surface area contributed by atoms with Gasteiger partial charge in [0.15, 0.2) is 11.6 Å². The molecule has 0 aliphatic rings. The number of benzene rings is 2. The zero-order chi connectivity index (χ0) is 13.8. The molecule has 0 saturated heterocycles. The molecule has 1 atom stereocenters. The van der Waals surface area contributed by atoms with Crippen molar-refractivity contribution < 1.29 is 18.6 Å². The Labute approximate surface area is 110 Å². The molecule has 0 aliphatic carbocycles. The molecule has 0 aliphatic heterocycles. The zero-order valence-electron chi connectivity index (χ0n) is 10.4. The van der Waals surface area contributed by atoms with E-state index in [2.05, 4.69) is 0 Å². The topological polar surface area (TPSA) is 29.5 Å². The standard InChI is InChI=1S/C15H14F2O2/c1-19-12-4-2-3-11(9-12)15(18)8-10-5-6-13(16)14(17)7-10/h2-7,9,15,18H,8H2,1H3.